The van der Waals surface area contributed by atoms with Crippen LogP contribution in [0.15, 0.2) is 40.4 Å². The van der Waals surface area contributed by atoms with Crippen molar-refractivity contribution in [3.63, 3.8) is 0 Å². The first-order valence-corrected chi connectivity index (χ1v) is 10.2. The topological polar surface area (TPSA) is 122 Å². The zero-order valence-electron chi connectivity index (χ0n) is 14.4. The van der Waals surface area contributed by atoms with Gasteiger partial charge in [-0.3, -0.25) is 10.1 Å². The maximum absolute atomic E-state index is 10.7. The zero-order chi connectivity index (χ0) is 18.6. The molecule has 2 aromatic rings. The van der Waals surface area contributed by atoms with Crippen molar-refractivity contribution in [2.24, 2.45) is 0 Å². The number of hydrogen-bond donors (Lipinski definition) is 3. The highest BCUT2D eigenvalue weighted by Crippen LogP contribution is 2.15. The van der Waals surface area contributed by atoms with E-state index in [4.69, 9.17) is 4.42 Å². The molecule has 0 aliphatic carbocycles. The lowest BCUT2D eigenvalue weighted by molar-refractivity contribution is -0.404. The first-order chi connectivity index (χ1) is 12.6. The van der Waals surface area contributed by atoms with E-state index < -0.39 is 4.92 Å². The van der Waals surface area contributed by atoms with Crippen molar-refractivity contribution >= 4 is 23.5 Å². The zero-order valence-corrected chi connectivity index (χ0v) is 16.1. The second kappa shape index (κ2) is 11.5. The molecule has 3 N–H and O–H groups in total. The molecule has 0 fully saturated rings. The van der Waals surface area contributed by atoms with Crippen molar-refractivity contribution in [3.8, 4) is 0 Å². The Morgan fingerprint density at radius 2 is 2.23 bits per heavy atom. The molecule has 2 rings (SSSR count). The van der Waals surface area contributed by atoms with Crippen LogP contribution in [0.5, 0.6) is 0 Å². The van der Waals surface area contributed by atoms with E-state index in [2.05, 4.69) is 25.6 Å². The highest BCUT2D eigenvalue weighted by molar-refractivity contribution is 7.99. The van der Waals surface area contributed by atoms with E-state index in [-0.39, 0.29) is 0 Å². The third-order valence-electron chi connectivity index (χ3n) is 3.24. The Kier molecular flexibility index (Phi) is 8.90. The maximum atomic E-state index is 10.7. The lowest BCUT2D eigenvalue weighted by atomic mass is 10.4. The van der Waals surface area contributed by atoms with E-state index in [9.17, 15) is 10.1 Å². The molecule has 142 valence electrons. The molecule has 11 heteroatoms. The number of aromatic nitrogens is 3. The van der Waals surface area contributed by atoms with Gasteiger partial charge in [-0.2, -0.15) is 11.8 Å². The molecule has 0 aliphatic rings. The Hall–Kier alpha value is -2.14. The Balaban J connectivity index is 1.60. The molecule has 0 spiro atoms. The van der Waals surface area contributed by atoms with Gasteiger partial charge in [0.2, 0.25) is 0 Å². The van der Waals surface area contributed by atoms with Crippen LogP contribution in [0, 0.1) is 17.0 Å². The van der Waals surface area contributed by atoms with Gasteiger partial charge in [0.15, 0.2) is 5.82 Å². The van der Waals surface area contributed by atoms with Gasteiger partial charge in [0, 0.05) is 36.0 Å². The molecule has 0 amide bonds. The molecule has 0 saturated heterocycles. The molecule has 0 aromatic carbocycles. The lowest BCUT2D eigenvalue weighted by Crippen LogP contribution is -2.29. The monoisotopic (exact) mass is 398 g/mol. The van der Waals surface area contributed by atoms with Crippen LogP contribution in [0.2, 0.25) is 0 Å². The SMILES string of the molecule is Cc1[nH]cnc1CSCCN/C(=C/[N+](=O)[O-])NCCCSc1ncco1. The number of hydrogen-bond acceptors (Lipinski definition) is 9. The molecule has 26 heavy (non-hydrogen) atoms. The van der Waals surface area contributed by atoms with Crippen LogP contribution in [-0.4, -0.2) is 44.5 Å². The maximum Gasteiger partial charge on any atom is 0.274 e. The summed E-state index contributed by atoms with van der Waals surface area (Å²) in [5, 5.41) is 17.5. The second-order valence-electron chi connectivity index (χ2n) is 5.21. The third kappa shape index (κ3) is 7.83. The highest BCUT2D eigenvalue weighted by atomic mass is 32.2. The number of thioether (sulfide) groups is 2. The van der Waals surface area contributed by atoms with Crippen LogP contribution in [-0.2, 0) is 5.75 Å². The Morgan fingerprint density at radius 1 is 1.38 bits per heavy atom. The molecule has 0 aliphatic heterocycles. The van der Waals surface area contributed by atoms with Crippen LogP contribution >= 0.6 is 23.5 Å². The minimum Gasteiger partial charge on any atom is -0.440 e. The minimum atomic E-state index is -0.461. The van der Waals surface area contributed by atoms with Crippen LogP contribution in [0.25, 0.3) is 0 Å². The normalized spacial score (nSPS) is 11.5. The predicted molar refractivity (Wildman–Crippen MR) is 102 cm³/mol. The van der Waals surface area contributed by atoms with E-state index in [0.29, 0.717) is 24.1 Å². The fourth-order valence-corrected chi connectivity index (χ4v) is 3.55. The largest absolute Gasteiger partial charge is 0.440 e. The lowest BCUT2D eigenvalue weighted by Gasteiger charge is -2.11. The van der Waals surface area contributed by atoms with E-state index in [1.807, 2.05) is 6.92 Å². The van der Waals surface area contributed by atoms with Crippen molar-refractivity contribution in [1.82, 2.24) is 25.6 Å². The standard InChI is InChI=1S/C15H22N6O3S2/c1-12-13(20-11-19-12)10-25-8-5-17-14(9-21(22)23)16-3-2-7-26-15-18-4-6-24-15/h4,6,9,11,16-17H,2-3,5,7-8,10H2,1H3,(H,19,20)/b14-9+. The van der Waals surface area contributed by atoms with Crippen molar-refractivity contribution in [2.45, 2.75) is 24.3 Å². The van der Waals surface area contributed by atoms with Crippen molar-refractivity contribution in [2.75, 3.05) is 24.6 Å². The molecule has 2 heterocycles. The predicted octanol–water partition coefficient (Wildman–Crippen LogP) is 2.38. The number of aryl methyl sites for hydroxylation is 1. The van der Waals surface area contributed by atoms with E-state index in [1.54, 1.807) is 24.3 Å². The van der Waals surface area contributed by atoms with E-state index >= 15 is 0 Å². The summed E-state index contributed by atoms with van der Waals surface area (Å²) in [7, 11) is 0. The first kappa shape index (κ1) is 20.2. The van der Waals surface area contributed by atoms with Gasteiger partial charge in [-0.1, -0.05) is 11.8 Å². The van der Waals surface area contributed by atoms with Crippen molar-refractivity contribution < 1.29 is 9.34 Å². The highest BCUT2D eigenvalue weighted by Gasteiger charge is 2.04. The van der Waals surface area contributed by atoms with E-state index in [0.717, 1.165) is 41.3 Å². The average molecular weight is 399 g/mol. The quantitative estimate of drug-likeness (QED) is 0.202. The molecular formula is C15H22N6O3S2. The molecule has 9 nitrogen and oxygen atoms in total. The van der Waals surface area contributed by atoms with Gasteiger partial charge >= 0.3 is 0 Å². The summed E-state index contributed by atoms with van der Waals surface area (Å²) in [5.74, 6) is 2.88. The molecule has 0 unspecified atom stereocenters. The first-order valence-electron chi connectivity index (χ1n) is 8.07. The summed E-state index contributed by atoms with van der Waals surface area (Å²) in [6.45, 7) is 3.25. The molecule has 2 aromatic heterocycles. The number of aromatic amines is 1. The van der Waals surface area contributed by atoms with Crippen LogP contribution in [0.3, 0.4) is 0 Å². The number of rotatable bonds is 13. The van der Waals surface area contributed by atoms with Crippen molar-refractivity contribution in [1.29, 1.82) is 0 Å². The van der Waals surface area contributed by atoms with Gasteiger partial charge in [0.1, 0.15) is 6.26 Å². The summed E-state index contributed by atoms with van der Waals surface area (Å²) in [4.78, 5) is 21.6. The third-order valence-corrected chi connectivity index (χ3v) is 5.15. The second-order valence-corrected chi connectivity index (χ2v) is 7.36. The fraction of sp³-hybridized carbons (Fsp3) is 0.467. The number of imidazole rings is 1. The summed E-state index contributed by atoms with van der Waals surface area (Å²) in [5.41, 5.74) is 2.11. The molecule has 0 atom stereocenters. The fourth-order valence-electron chi connectivity index (χ4n) is 1.95. The summed E-state index contributed by atoms with van der Waals surface area (Å²) in [6, 6.07) is 0. The Bertz CT molecular complexity index is 689. The molecule has 0 bridgehead atoms. The Labute approximate surface area is 160 Å². The molecule has 0 radical (unpaired) electrons. The van der Waals surface area contributed by atoms with Crippen molar-refractivity contribution in [3.05, 3.63) is 52.3 Å². The minimum absolute atomic E-state index is 0.424. The number of nitrogens with one attached hydrogen (secondary N) is 3. The molecular weight excluding hydrogens is 376 g/mol. The van der Waals surface area contributed by atoms with Gasteiger partial charge in [-0.25, -0.2) is 9.97 Å². The number of oxazole rings is 1. The van der Waals surface area contributed by atoms with Crippen LogP contribution < -0.4 is 10.6 Å². The van der Waals surface area contributed by atoms with Crippen LogP contribution in [0.4, 0.5) is 0 Å². The number of H-pyrrole nitrogens is 1. The van der Waals surface area contributed by atoms with Gasteiger partial charge in [-0.05, 0) is 13.3 Å². The number of nitro groups is 1. The average Bonchev–Trinajstić information content (AvgIpc) is 3.25. The van der Waals surface area contributed by atoms with E-state index in [1.165, 1.54) is 18.0 Å². The summed E-state index contributed by atoms with van der Waals surface area (Å²) in [6.07, 6.45) is 6.62. The van der Waals surface area contributed by atoms with Crippen LogP contribution in [0.1, 0.15) is 17.8 Å². The summed E-state index contributed by atoms with van der Waals surface area (Å²) < 4.78 is 5.13. The molecule has 0 saturated carbocycles. The number of nitrogens with zero attached hydrogens (tertiary/aromatic N) is 3. The smallest absolute Gasteiger partial charge is 0.274 e. The van der Waals surface area contributed by atoms with Gasteiger partial charge < -0.3 is 20.0 Å². The van der Waals surface area contributed by atoms with Gasteiger partial charge in [0.05, 0.1) is 23.1 Å². The van der Waals surface area contributed by atoms with Gasteiger partial charge in [0.25, 0.3) is 11.4 Å². The Morgan fingerprint density at radius 3 is 2.92 bits per heavy atom. The summed E-state index contributed by atoms with van der Waals surface area (Å²) >= 11 is 3.24. The van der Waals surface area contributed by atoms with Gasteiger partial charge in [-0.15, -0.1) is 0 Å².